The van der Waals surface area contributed by atoms with E-state index >= 15 is 0 Å². The number of nitrogens with zero attached hydrogens (tertiary/aromatic N) is 1. The van der Waals surface area contributed by atoms with Crippen LogP contribution in [-0.4, -0.2) is 18.1 Å². The highest BCUT2D eigenvalue weighted by molar-refractivity contribution is 5.21. The van der Waals surface area contributed by atoms with E-state index < -0.39 is 0 Å². The number of nitrogens with one attached hydrogen (secondary N) is 1. The van der Waals surface area contributed by atoms with Crippen molar-refractivity contribution in [3.8, 4) is 5.75 Å². The molecule has 1 aromatic heterocycles. The van der Waals surface area contributed by atoms with Crippen LogP contribution in [0.4, 0.5) is 4.39 Å². The van der Waals surface area contributed by atoms with Crippen molar-refractivity contribution in [2.45, 2.75) is 25.8 Å². The van der Waals surface area contributed by atoms with Gasteiger partial charge in [-0.25, -0.2) is 4.39 Å². The number of para-hydroxylation sites is 1. The second-order valence-electron chi connectivity index (χ2n) is 4.85. The van der Waals surface area contributed by atoms with Crippen LogP contribution in [0.5, 0.6) is 5.75 Å². The molecule has 2 aromatic rings. The van der Waals surface area contributed by atoms with Gasteiger partial charge < -0.3 is 10.1 Å². The molecule has 0 bridgehead atoms. The van der Waals surface area contributed by atoms with Gasteiger partial charge >= 0.3 is 0 Å². The summed E-state index contributed by atoms with van der Waals surface area (Å²) in [6.07, 6.45) is 4.59. The Morgan fingerprint density at radius 3 is 2.76 bits per heavy atom. The number of pyridine rings is 1. The zero-order valence-electron chi connectivity index (χ0n) is 12.3. The number of ether oxygens (including phenoxy) is 1. The fraction of sp³-hybridized carbons (Fsp3) is 0.353. The Kier molecular flexibility index (Phi) is 6.16. The fourth-order valence-electron chi connectivity index (χ4n) is 2.17. The van der Waals surface area contributed by atoms with Gasteiger partial charge in [0.05, 0.1) is 12.8 Å². The third-order valence-electron chi connectivity index (χ3n) is 3.24. The van der Waals surface area contributed by atoms with Gasteiger partial charge in [0.15, 0.2) is 0 Å². The summed E-state index contributed by atoms with van der Waals surface area (Å²) in [5.74, 6) is 0.563. The molecule has 0 aliphatic carbocycles. The lowest BCUT2D eigenvalue weighted by Crippen LogP contribution is -2.25. The maximum Gasteiger partial charge on any atom is 0.146 e. The van der Waals surface area contributed by atoms with Crippen LogP contribution in [0.15, 0.2) is 48.8 Å². The summed E-state index contributed by atoms with van der Waals surface area (Å²) in [6.45, 7) is 3.47. The molecule has 1 N–H and O–H groups in total. The molecule has 1 atom stereocenters. The Morgan fingerprint density at radius 2 is 2.05 bits per heavy atom. The molecule has 3 nitrogen and oxygen atoms in total. The van der Waals surface area contributed by atoms with E-state index in [0.717, 1.165) is 18.7 Å². The van der Waals surface area contributed by atoms with Gasteiger partial charge in [0.1, 0.15) is 11.6 Å². The molecule has 21 heavy (non-hydrogen) atoms. The zero-order valence-corrected chi connectivity index (χ0v) is 12.3. The minimum atomic E-state index is -0.272. The summed E-state index contributed by atoms with van der Waals surface area (Å²) in [5, 5.41) is 3.37. The molecular formula is C17H21FN2O. The molecule has 1 heterocycles. The van der Waals surface area contributed by atoms with Crippen molar-refractivity contribution >= 4 is 0 Å². The van der Waals surface area contributed by atoms with Gasteiger partial charge in [-0.05, 0) is 31.2 Å². The average Bonchev–Trinajstić information content (AvgIpc) is 2.52. The SMILES string of the molecule is CCCNC(CCOc1ccccc1)c1ccncc1F. The van der Waals surface area contributed by atoms with Gasteiger partial charge in [-0.1, -0.05) is 25.1 Å². The number of benzene rings is 1. The molecule has 0 fully saturated rings. The molecule has 1 aromatic carbocycles. The summed E-state index contributed by atoms with van der Waals surface area (Å²) in [5.41, 5.74) is 0.648. The first-order chi connectivity index (χ1) is 10.3. The Hall–Kier alpha value is -1.94. The van der Waals surface area contributed by atoms with Crippen molar-refractivity contribution in [1.29, 1.82) is 0 Å². The van der Waals surface area contributed by atoms with Crippen LogP contribution in [0.3, 0.4) is 0 Å². The molecule has 0 spiro atoms. The van der Waals surface area contributed by atoms with E-state index in [9.17, 15) is 4.39 Å². The smallest absolute Gasteiger partial charge is 0.146 e. The molecule has 0 saturated heterocycles. The van der Waals surface area contributed by atoms with Crippen molar-refractivity contribution in [3.05, 3.63) is 60.2 Å². The first kappa shape index (κ1) is 15.4. The molecule has 0 aliphatic heterocycles. The van der Waals surface area contributed by atoms with Crippen molar-refractivity contribution in [2.75, 3.05) is 13.2 Å². The second-order valence-corrected chi connectivity index (χ2v) is 4.85. The molecular weight excluding hydrogens is 267 g/mol. The Labute approximate surface area is 125 Å². The maximum absolute atomic E-state index is 13.9. The number of hydrogen-bond donors (Lipinski definition) is 1. The van der Waals surface area contributed by atoms with Gasteiger partial charge in [-0.15, -0.1) is 0 Å². The number of rotatable bonds is 8. The molecule has 1 unspecified atom stereocenters. The molecule has 0 aliphatic rings. The summed E-state index contributed by atoms with van der Waals surface area (Å²) in [6, 6.07) is 11.3. The monoisotopic (exact) mass is 288 g/mol. The Morgan fingerprint density at radius 1 is 1.24 bits per heavy atom. The largest absolute Gasteiger partial charge is 0.494 e. The van der Waals surface area contributed by atoms with Gasteiger partial charge in [0, 0.05) is 24.2 Å². The minimum absolute atomic E-state index is 0.0586. The van der Waals surface area contributed by atoms with E-state index in [4.69, 9.17) is 4.74 Å². The molecule has 0 radical (unpaired) electrons. The third kappa shape index (κ3) is 4.83. The molecule has 4 heteroatoms. The number of hydrogen-bond acceptors (Lipinski definition) is 3. The standard InChI is InChI=1S/C17H21FN2O/c1-2-10-20-17(15-8-11-19-13-16(15)18)9-12-21-14-6-4-3-5-7-14/h3-8,11,13,17,20H,2,9-10,12H2,1H3. The van der Waals surface area contributed by atoms with Crippen LogP contribution in [0.2, 0.25) is 0 Å². The first-order valence-corrected chi connectivity index (χ1v) is 7.32. The van der Waals surface area contributed by atoms with Gasteiger partial charge in [0.25, 0.3) is 0 Å². The molecule has 0 saturated carbocycles. The summed E-state index contributed by atoms with van der Waals surface area (Å²) >= 11 is 0. The first-order valence-electron chi connectivity index (χ1n) is 7.32. The van der Waals surface area contributed by atoms with Gasteiger partial charge in [0.2, 0.25) is 0 Å². The Balaban J connectivity index is 1.95. The van der Waals surface area contributed by atoms with Crippen LogP contribution in [-0.2, 0) is 0 Å². The Bertz CT molecular complexity index is 533. The second kappa shape index (κ2) is 8.37. The highest BCUT2D eigenvalue weighted by Gasteiger charge is 2.15. The van der Waals surface area contributed by atoms with E-state index in [-0.39, 0.29) is 11.9 Å². The van der Waals surface area contributed by atoms with Crippen LogP contribution >= 0.6 is 0 Å². The summed E-state index contributed by atoms with van der Waals surface area (Å²) in [7, 11) is 0. The van der Waals surface area contributed by atoms with E-state index in [1.54, 1.807) is 12.3 Å². The van der Waals surface area contributed by atoms with E-state index in [1.807, 2.05) is 30.3 Å². The summed E-state index contributed by atoms with van der Waals surface area (Å²) in [4.78, 5) is 3.80. The number of aromatic nitrogens is 1. The van der Waals surface area contributed by atoms with Gasteiger partial charge in [-0.2, -0.15) is 0 Å². The predicted molar refractivity (Wildman–Crippen MR) is 81.8 cm³/mol. The van der Waals surface area contributed by atoms with E-state index in [0.29, 0.717) is 18.6 Å². The zero-order chi connectivity index (χ0) is 14.9. The van der Waals surface area contributed by atoms with E-state index in [2.05, 4.69) is 17.2 Å². The highest BCUT2D eigenvalue weighted by Crippen LogP contribution is 2.20. The van der Waals surface area contributed by atoms with Crippen LogP contribution in [0, 0.1) is 5.82 Å². The van der Waals surface area contributed by atoms with Crippen molar-refractivity contribution in [2.24, 2.45) is 0 Å². The lowest BCUT2D eigenvalue weighted by molar-refractivity contribution is 0.284. The minimum Gasteiger partial charge on any atom is -0.494 e. The van der Waals surface area contributed by atoms with Crippen LogP contribution < -0.4 is 10.1 Å². The molecule has 2 rings (SSSR count). The van der Waals surface area contributed by atoms with Crippen LogP contribution in [0.1, 0.15) is 31.4 Å². The molecule has 0 amide bonds. The van der Waals surface area contributed by atoms with E-state index in [1.165, 1.54) is 6.20 Å². The van der Waals surface area contributed by atoms with Crippen LogP contribution in [0.25, 0.3) is 0 Å². The quantitative estimate of drug-likeness (QED) is 0.803. The van der Waals surface area contributed by atoms with Crippen molar-refractivity contribution in [1.82, 2.24) is 10.3 Å². The lowest BCUT2D eigenvalue weighted by atomic mass is 10.0. The molecule has 112 valence electrons. The maximum atomic E-state index is 13.9. The number of halogens is 1. The average molecular weight is 288 g/mol. The van der Waals surface area contributed by atoms with Gasteiger partial charge in [-0.3, -0.25) is 4.98 Å². The highest BCUT2D eigenvalue weighted by atomic mass is 19.1. The lowest BCUT2D eigenvalue weighted by Gasteiger charge is -2.19. The van der Waals surface area contributed by atoms with Crippen molar-refractivity contribution < 1.29 is 9.13 Å². The summed E-state index contributed by atoms with van der Waals surface area (Å²) < 4.78 is 19.6. The predicted octanol–water partition coefficient (Wildman–Crippen LogP) is 3.73. The normalized spacial score (nSPS) is 12.1. The van der Waals surface area contributed by atoms with Crippen molar-refractivity contribution in [3.63, 3.8) is 0 Å². The fourth-order valence-corrected chi connectivity index (χ4v) is 2.17. The third-order valence-corrected chi connectivity index (χ3v) is 3.24. The topological polar surface area (TPSA) is 34.1 Å².